The zero-order chi connectivity index (χ0) is 13.1. The number of carbonyl (C=O) groups excluding carboxylic acids is 1. The van der Waals surface area contributed by atoms with Gasteiger partial charge in [-0.05, 0) is 32.6 Å². The molecule has 3 atom stereocenters. The average Bonchev–Trinajstić information content (AvgIpc) is 2.75. The zero-order valence-corrected chi connectivity index (χ0v) is 10.4. The molecule has 0 radical (unpaired) electrons. The van der Waals surface area contributed by atoms with Crippen LogP contribution in [0.15, 0.2) is 0 Å². The second-order valence-electron chi connectivity index (χ2n) is 5.11. The van der Waals surface area contributed by atoms with Crippen LogP contribution in [0.4, 0.5) is 0 Å². The number of carbonyl (C=O) groups is 2. The summed E-state index contributed by atoms with van der Waals surface area (Å²) in [6, 6.07) is 0. The second kappa shape index (κ2) is 5.49. The lowest BCUT2D eigenvalue weighted by Crippen LogP contribution is -2.42. The molecule has 1 amide bonds. The summed E-state index contributed by atoms with van der Waals surface area (Å²) in [4.78, 5) is 22.5. The van der Waals surface area contributed by atoms with Crippen LogP contribution in [0.1, 0.15) is 39.5 Å². The van der Waals surface area contributed by atoms with Crippen LogP contribution in [0.25, 0.3) is 0 Å². The highest BCUT2D eigenvalue weighted by Crippen LogP contribution is 2.31. The third-order valence-electron chi connectivity index (χ3n) is 3.56. The lowest BCUT2D eigenvalue weighted by atomic mass is 10.0. The molecular formula is C12H21NO4. The molecule has 98 valence electrons. The van der Waals surface area contributed by atoms with Crippen LogP contribution in [0, 0.1) is 11.8 Å². The third kappa shape index (κ3) is 4.00. The van der Waals surface area contributed by atoms with Crippen molar-refractivity contribution in [1.29, 1.82) is 0 Å². The molecule has 17 heavy (non-hydrogen) atoms. The molecule has 0 aromatic heterocycles. The van der Waals surface area contributed by atoms with E-state index in [-0.39, 0.29) is 18.4 Å². The predicted molar refractivity (Wildman–Crippen MR) is 62.4 cm³/mol. The molecule has 3 N–H and O–H groups in total. The number of rotatable bonds is 5. The number of aliphatic carboxylic acids is 1. The number of hydrogen-bond donors (Lipinski definition) is 3. The largest absolute Gasteiger partial charge is 0.481 e. The highest BCUT2D eigenvalue weighted by atomic mass is 16.4. The summed E-state index contributed by atoms with van der Waals surface area (Å²) in [7, 11) is 0. The first-order valence-corrected chi connectivity index (χ1v) is 6.08. The van der Waals surface area contributed by atoms with Gasteiger partial charge < -0.3 is 15.5 Å². The van der Waals surface area contributed by atoms with Gasteiger partial charge in [0.15, 0.2) is 0 Å². The van der Waals surface area contributed by atoms with Crippen LogP contribution in [0.5, 0.6) is 0 Å². The second-order valence-corrected chi connectivity index (χ2v) is 5.11. The van der Waals surface area contributed by atoms with Crippen molar-refractivity contribution >= 4 is 11.9 Å². The Morgan fingerprint density at radius 2 is 1.94 bits per heavy atom. The Bertz CT molecular complexity index is 301. The van der Waals surface area contributed by atoms with Gasteiger partial charge in [-0.3, -0.25) is 9.59 Å². The summed E-state index contributed by atoms with van der Waals surface area (Å²) in [6.45, 7) is 3.74. The van der Waals surface area contributed by atoms with Gasteiger partial charge in [-0.15, -0.1) is 0 Å². The van der Waals surface area contributed by atoms with Crippen LogP contribution in [0.2, 0.25) is 0 Å². The Balaban J connectivity index is 2.37. The number of carboxylic acids is 1. The van der Waals surface area contributed by atoms with E-state index >= 15 is 0 Å². The maximum Gasteiger partial charge on any atom is 0.306 e. The topological polar surface area (TPSA) is 86.6 Å². The van der Waals surface area contributed by atoms with Gasteiger partial charge in [0.25, 0.3) is 0 Å². The predicted octanol–water partition coefficient (Wildman–Crippen LogP) is 0.764. The quantitative estimate of drug-likeness (QED) is 0.665. The Labute approximate surface area is 101 Å². The minimum Gasteiger partial charge on any atom is -0.481 e. The number of aliphatic hydroxyl groups is 1. The maximum absolute atomic E-state index is 11.8. The van der Waals surface area contributed by atoms with Crippen LogP contribution in [-0.2, 0) is 9.59 Å². The van der Waals surface area contributed by atoms with Crippen molar-refractivity contribution in [1.82, 2.24) is 5.32 Å². The molecule has 3 unspecified atom stereocenters. The summed E-state index contributed by atoms with van der Waals surface area (Å²) in [6.07, 6.45) is 2.17. The molecule has 1 saturated carbocycles. The Morgan fingerprint density at radius 3 is 2.41 bits per heavy atom. The van der Waals surface area contributed by atoms with E-state index < -0.39 is 17.5 Å². The minimum absolute atomic E-state index is 0.137. The standard InChI is InChI=1S/C12H21NO4/c1-3-12(2,17)7-13-10(14)8-4-5-9(6-8)11(15)16/h8-9,17H,3-7H2,1-2H3,(H,13,14)(H,15,16). The van der Waals surface area contributed by atoms with Crippen molar-refractivity contribution in [2.75, 3.05) is 6.54 Å². The fourth-order valence-corrected chi connectivity index (χ4v) is 1.99. The normalized spacial score (nSPS) is 27.5. The first kappa shape index (κ1) is 14.0. The van der Waals surface area contributed by atoms with E-state index in [9.17, 15) is 14.7 Å². The van der Waals surface area contributed by atoms with Crippen molar-refractivity contribution in [2.45, 2.75) is 45.1 Å². The van der Waals surface area contributed by atoms with Crippen molar-refractivity contribution in [3.05, 3.63) is 0 Å². The van der Waals surface area contributed by atoms with E-state index in [1.54, 1.807) is 6.92 Å². The van der Waals surface area contributed by atoms with Gasteiger partial charge in [-0.25, -0.2) is 0 Å². The Morgan fingerprint density at radius 1 is 1.35 bits per heavy atom. The zero-order valence-electron chi connectivity index (χ0n) is 10.4. The number of amides is 1. The molecule has 0 aromatic rings. The van der Waals surface area contributed by atoms with Gasteiger partial charge in [0, 0.05) is 12.5 Å². The van der Waals surface area contributed by atoms with Crippen LogP contribution in [-0.4, -0.2) is 34.2 Å². The summed E-state index contributed by atoms with van der Waals surface area (Å²) in [5.41, 5.74) is -0.888. The van der Waals surface area contributed by atoms with Crippen molar-refractivity contribution in [3.8, 4) is 0 Å². The molecule has 1 aliphatic carbocycles. The Hall–Kier alpha value is -1.10. The summed E-state index contributed by atoms with van der Waals surface area (Å²) in [5.74, 6) is -1.57. The molecule has 1 rings (SSSR count). The molecule has 5 nitrogen and oxygen atoms in total. The molecule has 0 heterocycles. The van der Waals surface area contributed by atoms with E-state index in [0.717, 1.165) is 0 Å². The van der Waals surface area contributed by atoms with E-state index in [0.29, 0.717) is 25.7 Å². The molecule has 1 fully saturated rings. The molecular weight excluding hydrogens is 222 g/mol. The van der Waals surface area contributed by atoms with Gasteiger partial charge in [-0.1, -0.05) is 6.92 Å². The maximum atomic E-state index is 11.8. The fraction of sp³-hybridized carbons (Fsp3) is 0.833. The lowest BCUT2D eigenvalue weighted by molar-refractivity contribution is -0.141. The minimum atomic E-state index is -0.888. The Kier molecular flexibility index (Phi) is 4.51. The molecule has 0 saturated heterocycles. The number of hydrogen-bond acceptors (Lipinski definition) is 3. The molecule has 0 spiro atoms. The highest BCUT2D eigenvalue weighted by Gasteiger charge is 2.34. The van der Waals surface area contributed by atoms with E-state index in [1.165, 1.54) is 0 Å². The SMILES string of the molecule is CCC(C)(O)CNC(=O)C1CCC(C(=O)O)C1. The van der Waals surface area contributed by atoms with Gasteiger partial charge in [-0.2, -0.15) is 0 Å². The van der Waals surface area contributed by atoms with Gasteiger partial charge in [0.1, 0.15) is 0 Å². The first-order valence-electron chi connectivity index (χ1n) is 6.08. The smallest absolute Gasteiger partial charge is 0.306 e. The summed E-state index contributed by atoms with van der Waals surface area (Å²) >= 11 is 0. The third-order valence-corrected chi connectivity index (χ3v) is 3.56. The van der Waals surface area contributed by atoms with Crippen molar-refractivity contribution in [3.63, 3.8) is 0 Å². The van der Waals surface area contributed by atoms with Crippen LogP contribution >= 0.6 is 0 Å². The summed E-state index contributed by atoms with van der Waals surface area (Å²) in [5, 5.41) is 21.3. The monoisotopic (exact) mass is 243 g/mol. The van der Waals surface area contributed by atoms with E-state index in [2.05, 4.69) is 5.32 Å². The van der Waals surface area contributed by atoms with Gasteiger partial charge in [0.05, 0.1) is 11.5 Å². The fourth-order valence-electron chi connectivity index (χ4n) is 1.99. The highest BCUT2D eigenvalue weighted by molar-refractivity contribution is 5.80. The molecule has 5 heteroatoms. The van der Waals surface area contributed by atoms with Crippen molar-refractivity contribution < 1.29 is 19.8 Å². The van der Waals surface area contributed by atoms with Crippen molar-refractivity contribution in [2.24, 2.45) is 11.8 Å². The summed E-state index contributed by atoms with van der Waals surface area (Å²) < 4.78 is 0. The van der Waals surface area contributed by atoms with E-state index in [4.69, 9.17) is 5.11 Å². The molecule has 1 aliphatic rings. The van der Waals surface area contributed by atoms with Crippen LogP contribution < -0.4 is 5.32 Å². The van der Waals surface area contributed by atoms with Gasteiger partial charge in [0.2, 0.25) is 5.91 Å². The van der Waals surface area contributed by atoms with Gasteiger partial charge >= 0.3 is 5.97 Å². The molecule has 0 bridgehead atoms. The molecule has 0 aromatic carbocycles. The molecule has 0 aliphatic heterocycles. The first-order chi connectivity index (χ1) is 7.85. The number of nitrogens with one attached hydrogen (secondary N) is 1. The lowest BCUT2D eigenvalue weighted by Gasteiger charge is -2.22. The van der Waals surface area contributed by atoms with E-state index in [1.807, 2.05) is 6.92 Å². The average molecular weight is 243 g/mol. The number of carboxylic acid groups (broad SMARTS) is 1. The van der Waals surface area contributed by atoms with Crippen LogP contribution in [0.3, 0.4) is 0 Å².